The third-order valence-corrected chi connectivity index (χ3v) is 16.3. The molecule has 0 saturated heterocycles. The van der Waals surface area contributed by atoms with Crippen molar-refractivity contribution in [2.75, 3.05) is 4.90 Å². The molecule has 4 aliphatic carbocycles. The molecule has 0 fully saturated rings. The van der Waals surface area contributed by atoms with Crippen molar-refractivity contribution >= 4 is 17.1 Å². The van der Waals surface area contributed by atoms with Crippen LogP contribution in [0.3, 0.4) is 0 Å². The summed E-state index contributed by atoms with van der Waals surface area (Å²) in [6.07, 6.45) is 2.12. The zero-order chi connectivity index (χ0) is 45.2. The van der Waals surface area contributed by atoms with E-state index in [1.165, 1.54) is 100 Å². The molecule has 1 atom stereocenters. The van der Waals surface area contributed by atoms with Crippen LogP contribution in [0.4, 0.5) is 17.1 Å². The first-order chi connectivity index (χ1) is 33.5. The number of benzene rings is 10. The Morgan fingerprint density at radius 2 is 0.824 bits per heavy atom. The molecule has 14 rings (SSSR count). The number of nitrogens with zero attached hydrogens (tertiary/aromatic N) is 1. The van der Waals surface area contributed by atoms with Crippen molar-refractivity contribution in [3.05, 3.63) is 292 Å². The predicted octanol–water partition coefficient (Wildman–Crippen LogP) is 16.8. The maximum absolute atomic E-state index is 2.55. The molecule has 10 aromatic carbocycles. The number of hydrogen-bond acceptors (Lipinski definition) is 1. The highest BCUT2D eigenvalue weighted by Gasteiger charge is 2.49. The van der Waals surface area contributed by atoms with E-state index in [0.29, 0.717) is 0 Å². The topological polar surface area (TPSA) is 3.24 Å². The lowest BCUT2D eigenvalue weighted by molar-refractivity contribution is 0.626. The molecule has 0 heterocycles. The van der Waals surface area contributed by atoms with E-state index in [1.807, 2.05) is 0 Å². The van der Waals surface area contributed by atoms with E-state index in [9.17, 15) is 0 Å². The second kappa shape index (κ2) is 14.5. The van der Waals surface area contributed by atoms with Gasteiger partial charge in [0.1, 0.15) is 0 Å². The molecule has 1 heteroatoms. The van der Waals surface area contributed by atoms with E-state index < -0.39 is 5.41 Å². The quantitative estimate of drug-likeness (QED) is 0.161. The molecule has 0 saturated carbocycles. The van der Waals surface area contributed by atoms with Crippen LogP contribution in [0.15, 0.2) is 237 Å². The number of aryl methyl sites for hydroxylation is 1. The second-order valence-electron chi connectivity index (χ2n) is 19.9. The first-order valence-electron chi connectivity index (χ1n) is 24.3. The Kier molecular flexibility index (Phi) is 8.36. The molecule has 0 amide bonds. The summed E-state index contributed by atoms with van der Waals surface area (Å²) in [6.45, 7) is 4.79. The van der Waals surface area contributed by atoms with Crippen LogP contribution in [-0.2, 0) is 22.7 Å². The minimum Gasteiger partial charge on any atom is -0.310 e. The molecule has 0 radical (unpaired) electrons. The van der Waals surface area contributed by atoms with Crippen molar-refractivity contribution < 1.29 is 0 Å². The highest BCUT2D eigenvalue weighted by molar-refractivity contribution is 5.93. The van der Waals surface area contributed by atoms with Crippen LogP contribution >= 0.6 is 0 Å². The summed E-state index contributed by atoms with van der Waals surface area (Å²) in [6, 6.07) is 89.7. The Morgan fingerprint density at radius 1 is 0.338 bits per heavy atom. The maximum Gasteiger partial charge on any atom is 0.0714 e. The van der Waals surface area contributed by atoms with Crippen LogP contribution in [0.1, 0.15) is 75.9 Å². The van der Waals surface area contributed by atoms with Crippen molar-refractivity contribution in [1.29, 1.82) is 0 Å². The molecule has 1 unspecified atom stereocenters. The van der Waals surface area contributed by atoms with E-state index in [4.69, 9.17) is 0 Å². The van der Waals surface area contributed by atoms with Gasteiger partial charge in [-0.05, 0) is 149 Å². The van der Waals surface area contributed by atoms with E-state index in [2.05, 4.69) is 255 Å². The van der Waals surface area contributed by atoms with Crippen LogP contribution in [-0.4, -0.2) is 0 Å². The van der Waals surface area contributed by atoms with Crippen LogP contribution < -0.4 is 4.90 Å². The Morgan fingerprint density at radius 3 is 1.53 bits per heavy atom. The first kappa shape index (κ1) is 39.2. The molecule has 0 N–H and O–H groups in total. The zero-order valence-electron chi connectivity index (χ0n) is 38.4. The summed E-state index contributed by atoms with van der Waals surface area (Å²) in [7, 11) is 0. The van der Waals surface area contributed by atoms with E-state index in [-0.39, 0.29) is 10.8 Å². The summed E-state index contributed by atoms with van der Waals surface area (Å²) in [4.78, 5) is 2.55. The molecule has 322 valence electrons. The molecule has 0 bridgehead atoms. The molecular formula is C67H49N. The first-order valence-corrected chi connectivity index (χ1v) is 24.3. The van der Waals surface area contributed by atoms with Crippen molar-refractivity contribution in [3.8, 4) is 44.5 Å². The van der Waals surface area contributed by atoms with Gasteiger partial charge in [-0.3, -0.25) is 0 Å². The lowest BCUT2D eigenvalue weighted by Gasteiger charge is -2.35. The Bertz CT molecular complexity index is 3630. The monoisotopic (exact) mass is 867 g/mol. The normalized spacial score (nSPS) is 16.9. The Hall–Kier alpha value is -8.00. The number of fused-ring (bicyclic) bond motifs is 13. The Balaban J connectivity index is 1.02. The summed E-state index contributed by atoms with van der Waals surface area (Å²) in [5.41, 5.74) is 26.6. The lowest BCUT2D eigenvalue weighted by Crippen LogP contribution is -2.28. The van der Waals surface area contributed by atoms with Crippen LogP contribution in [0.5, 0.6) is 0 Å². The standard InChI is InChI=1S/C67H49N/c1-65(2)59-32-14-10-28-54(59)57-30-18-29-51(64(57)65)45-20-17-25-48(41-45)68(49-35-37-55-52-26-11-15-33-60(52)66(62(55)42-49)40-39-44-19-9-13-31-58(44)66)50-36-38-56-53-27-12-16-34-61(53)67(63(56)43-50,46-21-5-3-6-22-46)47-23-7-4-8-24-47/h3-38,41-43H,39-40H2,1-2H3. The highest BCUT2D eigenvalue weighted by atomic mass is 15.1. The van der Waals surface area contributed by atoms with Crippen LogP contribution in [0, 0.1) is 0 Å². The molecule has 0 aliphatic heterocycles. The van der Waals surface area contributed by atoms with Gasteiger partial charge >= 0.3 is 0 Å². The fourth-order valence-electron chi connectivity index (χ4n) is 13.6. The maximum atomic E-state index is 2.55. The van der Waals surface area contributed by atoms with E-state index in [0.717, 1.165) is 29.9 Å². The van der Waals surface area contributed by atoms with Crippen LogP contribution in [0.2, 0.25) is 0 Å². The third kappa shape index (κ3) is 5.22. The summed E-state index contributed by atoms with van der Waals surface area (Å²) in [5.74, 6) is 0. The fourth-order valence-corrected chi connectivity index (χ4v) is 13.6. The summed E-state index contributed by atoms with van der Waals surface area (Å²) in [5, 5.41) is 0. The zero-order valence-corrected chi connectivity index (χ0v) is 38.4. The molecule has 0 aromatic heterocycles. The van der Waals surface area contributed by atoms with E-state index >= 15 is 0 Å². The molecule has 68 heavy (non-hydrogen) atoms. The van der Waals surface area contributed by atoms with Crippen LogP contribution in [0.25, 0.3) is 44.5 Å². The average molecular weight is 868 g/mol. The average Bonchev–Trinajstić information content (AvgIpc) is 4.09. The molecule has 1 nitrogen and oxygen atoms in total. The highest BCUT2D eigenvalue weighted by Crippen LogP contribution is 2.61. The van der Waals surface area contributed by atoms with Gasteiger partial charge in [-0.25, -0.2) is 0 Å². The summed E-state index contributed by atoms with van der Waals surface area (Å²) < 4.78 is 0. The number of anilines is 3. The van der Waals surface area contributed by atoms with Gasteiger partial charge in [-0.2, -0.15) is 0 Å². The van der Waals surface area contributed by atoms with Gasteiger partial charge in [0, 0.05) is 27.9 Å². The van der Waals surface area contributed by atoms with Gasteiger partial charge < -0.3 is 4.90 Å². The van der Waals surface area contributed by atoms with Crippen molar-refractivity contribution in [2.45, 2.75) is 42.9 Å². The van der Waals surface area contributed by atoms with E-state index in [1.54, 1.807) is 0 Å². The fraction of sp³-hybridized carbons (Fsp3) is 0.104. The molecular weight excluding hydrogens is 819 g/mol. The predicted molar refractivity (Wildman–Crippen MR) is 282 cm³/mol. The third-order valence-electron chi connectivity index (χ3n) is 16.3. The second-order valence-corrected chi connectivity index (χ2v) is 19.9. The lowest BCUT2D eigenvalue weighted by atomic mass is 9.67. The van der Waals surface area contributed by atoms with Gasteiger partial charge in [0.05, 0.1) is 5.41 Å². The van der Waals surface area contributed by atoms with Gasteiger partial charge in [-0.1, -0.05) is 214 Å². The van der Waals surface area contributed by atoms with Gasteiger partial charge in [0.15, 0.2) is 0 Å². The largest absolute Gasteiger partial charge is 0.310 e. The summed E-state index contributed by atoms with van der Waals surface area (Å²) >= 11 is 0. The van der Waals surface area contributed by atoms with Crippen molar-refractivity contribution in [3.63, 3.8) is 0 Å². The molecule has 4 aliphatic rings. The minimum atomic E-state index is -0.527. The van der Waals surface area contributed by atoms with Gasteiger partial charge in [-0.15, -0.1) is 0 Å². The van der Waals surface area contributed by atoms with Crippen molar-refractivity contribution in [1.82, 2.24) is 0 Å². The van der Waals surface area contributed by atoms with Gasteiger partial charge in [0.2, 0.25) is 0 Å². The molecule has 10 aromatic rings. The van der Waals surface area contributed by atoms with Crippen molar-refractivity contribution in [2.24, 2.45) is 0 Å². The number of rotatable bonds is 6. The Labute approximate surface area is 399 Å². The smallest absolute Gasteiger partial charge is 0.0714 e. The SMILES string of the molecule is CC1(C)c2ccccc2-c2cccc(-c3cccc(N(c4ccc5c(c4)C4(CCc6ccccc64)c4ccccc4-5)c4ccc5c(c4)C(c4ccccc4)(c4ccccc4)c4ccccc4-5)c3)c21. The minimum absolute atomic E-state index is 0.147. The van der Waals surface area contributed by atoms with Gasteiger partial charge in [0.25, 0.3) is 0 Å². The number of hydrogen-bond donors (Lipinski definition) is 0. The molecule has 1 spiro atoms.